The van der Waals surface area contributed by atoms with Crippen LogP contribution in [0.3, 0.4) is 0 Å². The Bertz CT molecular complexity index is 520. The summed E-state index contributed by atoms with van der Waals surface area (Å²) in [5.74, 6) is -0.0733. The molecule has 0 saturated carbocycles. The van der Waals surface area contributed by atoms with Gasteiger partial charge in [-0.05, 0) is 30.5 Å². The van der Waals surface area contributed by atoms with Crippen molar-refractivity contribution in [1.29, 1.82) is 0 Å². The first-order valence-electron chi connectivity index (χ1n) is 6.95. The van der Waals surface area contributed by atoms with Crippen molar-refractivity contribution in [1.82, 2.24) is 10.2 Å². The molecule has 0 aromatic heterocycles. The zero-order valence-electron chi connectivity index (χ0n) is 12.4. The molecule has 21 heavy (non-hydrogen) atoms. The van der Waals surface area contributed by atoms with Crippen molar-refractivity contribution in [2.45, 2.75) is 19.3 Å². The van der Waals surface area contributed by atoms with Crippen LogP contribution >= 0.6 is 12.4 Å². The minimum absolute atomic E-state index is 0. The van der Waals surface area contributed by atoms with Gasteiger partial charge >= 0.3 is 0 Å². The van der Waals surface area contributed by atoms with Crippen molar-refractivity contribution >= 4 is 29.9 Å². The number of nitrogens with zero attached hydrogens (tertiary/aromatic N) is 1. The van der Waals surface area contributed by atoms with E-state index in [0.29, 0.717) is 13.0 Å². The topological polar surface area (TPSA) is 61.4 Å². The predicted molar refractivity (Wildman–Crippen MR) is 86.1 cm³/mol. The third kappa shape index (κ3) is 4.11. The fraction of sp³-hybridized carbons (Fsp3) is 0.467. The van der Waals surface area contributed by atoms with Crippen LogP contribution in [0.15, 0.2) is 18.2 Å². The van der Waals surface area contributed by atoms with Crippen LogP contribution in [0, 0.1) is 0 Å². The summed E-state index contributed by atoms with van der Waals surface area (Å²) in [4.78, 5) is 25.3. The van der Waals surface area contributed by atoms with E-state index >= 15 is 0 Å². The minimum atomic E-state index is -0.0543. The fourth-order valence-electron chi connectivity index (χ4n) is 2.41. The van der Waals surface area contributed by atoms with E-state index in [9.17, 15) is 9.59 Å². The molecule has 2 N–H and O–H groups in total. The number of carbonyl (C=O) groups excluding carboxylic acids is 2. The highest BCUT2D eigenvalue weighted by Crippen LogP contribution is 2.26. The largest absolute Gasteiger partial charge is 0.385 e. The number of hydrogen-bond donors (Lipinski definition) is 2. The Balaban J connectivity index is 0.00000220. The monoisotopic (exact) mass is 311 g/mol. The van der Waals surface area contributed by atoms with E-state index in [4.69, 9.17) is 0 Å². The maximum absolute atomic E-state index is 12.5. The lowest BCUT2D eigenvalue weighted by Crippen LogP contribution is -2.32. The highest BCUT2D eigenvalue weighted by Gasteiger charge is 2.20. The van der Waals surface area contributed by atoms with Crippen molar-refractivity contribution in [3.8, 4) is 0 Å². The zero-order valence-corrected chi connectivity index (χ0v) is 13.3. The number of anilines is 1. The smallest absolute Gasteiger partial charge is 0.253 e. The molecule has 2 amide bonds. The van der Waals surface area contributed by atoms with Gasteiger partial charge in [-0.2, -0.15) is 0 Å². The molecule has 1 aromatic carbocycles. The molecule has 1 heterocycles. The fourth-order valence-corrected chi connectivity index (χ4v) is 2.41. The van der Waals surface area contributed by atoms with Crippen LogP contribution < -0.4 is 10.6 Å². The van der Waals surface area contributed by atoms with Crippen molar-refractivity contribution in [3.63, 3.8) is 0 Å². The first-order valence-corrected chi connectivity index (χ1v) is 6.95. The van der Waals surface area contributed by atoms with Crippen LogP contribution in [0.1, 0.15) is 28.8 Å². The Hall–Kier alpha value is -1.75. The van der Waals surface area contributed by atoms with Gasteiger partial charge in [0, 0.05) is 44.9 Å². The Labute approximate surface area is 131 Å². The molecule has 0 atom stereocenters. The highest BCUT2D eigenvalue weighted by atomic mass is 35.5. The molecule has 5 nitrogen and oxygen atoms in total. The maximum atomic E-state index is 12.5. The van der Waals surface area contributed by atoms with E-state index in [1.807, 2.05) is 18.2 Å². The summed E-state index contributed by atoms with van der Waals surface area (Å²) >= 11 is 0. The second-order valence-corrected chi connectivity index (χ2v) is 5.01. The molecular formula is C15H22ClN3O2. The number of rotatable bonds is 4. The Morgan fingerprint density at radius 1 is 1.38 bits per heavy atom. The molecule has 0 saturated heterocycles. The Kier molecular flexibility index (Phi) is 6.49. The summed E-state index contributed by atoms with van der Waals surface area (Å²) in [7, 11) is 3.34. The average Bonchev–Trinajstić information content (AvgIpc) is 2.50. The quantitative estimate of drug-likeness (QED) is 0.889. The molecule has 1 aromatic rings. The molecule has 0 fully saturated rings. The molecule has 0 unspecified atom stereocenters. The summed E-state index contributed by atoms with van der Waals surface area (Å²) in [6.07, 6.45) is 2.29. The molecule has 1 aliphatic rings. The lowest BCUT2D eigenvalue weighted by Gasteiger charge is -2.23. The molecule has 2 rings (SSSR count). The number of benzene rings is 1. The van der Waals surface area contributed by atoms with E-state index < -0.39 is 0 Å². The van der Waals surface area contributed by atoms with Gasteiger partial charge in [-0.25, -0.2) is 0 Å². The van der Waals surface area contributed by atoms with E-state index in [-0.39, 0.29) is 24.2 Å². The molecule has 1 aliphatic heterocycles. The first-order chi connectivity index (χ1) is 9.63. The number of halogens is 1. The van der Waals surface area contributed by atoms with Crippen molar-refractivity contribution in [3.05, 3.63) is 29.3 Å². The second kappa shape index (κ2) is 7.88. The van der Waals surface area contributed by atoms with Gasteiger partial charge in [-0.1, -0.05) is 6.07 Å². The van der Waals surface area contributed by atoms with Gasteiger partial charge in [-0.15, -0.1) is 12.4 Å². The van der Waals surface area contributed by atoms with E-state index in [2.05, 4.69) is 10.6 Å². The van der Waals surface area contributed by atoms with Crippen LogP contribution in [0.25, 0.3) is 0 Å². The summed E-state index contributed by atoms with van der Waals surface area (Å²) in [5, 5.41) is 5.88. The van der Waals surface area contributed by atoms with Gasteiger partial charge in [0.1, 0.15) is 0 Å². The summed E-state index contributed by atoms with van der Waals surface area (Å²) in [6.45, 7) is 1.38. The molecule has 0 radical (unpaired) electrons. The molecule has 0 spiro atoms. The van der Waals surface area contributed by atoms with Crippen LogP contribution in [0.4, 0.5) is 5.69 Å². The van der Waals surface area contributed by atoms with Gasteiger partial charge in [0.05, 0.1) is 0 Å². The summed E-state index contributed by atoms with van der Waals surface area (Å²) in [6, 6.07) is 5.78. The van der Waals surface area contributed by atoms with E-state index in [1.54, 1.807) is 19.0 Å². The third-order valence-corrected chi connectivity index (χ3v) is 3.63. The number of fused-ring (bicyclic) bond motifs is 1. The van der Waals surface area contributed by atoms with Gasteiger partial charge in [0.15, 0.2) is 0 Å². The van der Waals surface area contributed by atoms with Crippen LogP contribution in [-0.4, -0.2) is 43.9 Å². The van der Waals surface area contributed by atoms with Crippen LogP contribution in [-0.2, 0) is 11.2 Å². The number of carbonyl (C=O) groups is 2. The average molecular weight is 312 g/mol. The predicted octanol–water partition coefficient (Wildman–Crippen LogP) is 1.67. The maximum Gasteiger partial charge on any atom is 0.253 e. The lowest BCUT2D eigenvalue weighted by atomic mass is 9.97. The Morgan fingerprint density at radius 3 is 2.86 bits per heavy atom. The van der Waals surface area contributed by atoms with Crippen LogP contribution in [0.5, 0.6) is 0 Å². The SMILES string of the molecule is CNC(=O)CCN(C)C(=O)c1cccc2c1CCCN2.Cl. The molecule has 6 heteroatoms. The van der Waals surface area contributed by atoms with Gasteiger partial charge < -0.3 is 15.5 Å². The van der Waals surface area contributed by atoms with Gasteiger partial charge in [0.25, 0.3) is 5.91 Å². The van der Waals surface area contributed by atoms with Gasteiger partial charge in [-0.3, -0.25) is 9.59 Å². The molecular weight excluding hydrogens is 290 g/mol. The first kappa shape index (κ1) is 17.3. The standard InChI is InChI=1S/C15H21N3O2.ClH/c1-16-14(19)8-10-18(2)15(20)12-5-3-7-13-11(12)6-4-9-17-13;/h3,5,7,17H,4,6,8-10H2,1-2H3,(H,16,19);1H. The van der Waals surface area contributed by atoms with Crippen molar-refractivity contribution < 1.29 is 9.59 Å². The molecule has 0 bridgehead atoms. The minimum Gasteiger partial charge on any atom is -0.385 e. The summed E-state index contributed by atoms with van der Waals surface area (Å²) < 4.78 is 0. The lowest BCUT2D eigenvalue weighted by molar-refractivity contribution is -0.120. The third-order valence-electron chi connectivity index (χ3n) is 3.63. The summed E-state index contributed by atoms with van der Waals surface area (Å²) in [5.41, 5.74) is 2.89. The molecule has 0 aliphatic carbocycles. The second-order valence-electron chi connectivity index (χ2n) is 5.01. The number of amides is 2. The van der Waals surface area contributed by atoms with Crippen molar-refractivity contribution in [2.24, 2.45) is 0 Å². The zero-order chi connectivity index (χ0) is 14.5. The number of nitrogens with one attached hydrogen (secondary N) is 2. The number of hydrogen-bond acceptors (Lipinski definition) is 3. The highest BCUT2D eigenvalue weighted by molar-refractivity contribution is 5.97. The normalized spacial score (nSPS) is 12.5. The molecule has 116 valence electrons. The van der Waals surface area contributed by atoms with E-state index in [1.165, 1.54) is 0 Å². The van der Waals surface area contributed by atoms with Gasteiger partial charge in [0.2, 0.25) is 5.91 Å². The Morgan fingerprint density at radius 2 is 2.14 bits per heavy atom. The van der Waals surface area contributed by atoms with E-state index in [0.717, 1.165) is 36.2 Å². The van der Waals surface area contributed by atoms with Crippen LogP contribution in [0.2, 0.25) is 0 Å². The van der Waals surface area contributed by atoms with Crippen molar-refractivity contribution in [2.75, 3.05) is 32.5 Å².